The van der Waals surface area contributed by atoms with Crippen LogP contribution in [-0.4, -0.2) is 24.9 Å². The van der Waals surface area contributed by atoms with E-state index in [9.17, 15) is 4.79 Å². The zero-order valence-corrected chi connectivity index (χ0v) is 8.24. The summed E-state index contributed by atoms with van der Waals surface area (Å²) in [4.78, 5) is 13.1. The monoisotopic (exact) mass is 176 g/mol. The second-order valence-corrected chi connectivity index (χ2v) is 3.11. The second-order valence-electron chi connectivity index (χ2n) is 3.11. The maximum atomic E-state index is 11.5. The number of carbonyl (C=O) groups excluding carboxylic acids is 1. The minimum Gasteiger partial charge on any atom is -0.345 e. The van der Waals surface area contributed by atoms with E-state index in [1.54, 1.807) is 19.0 Å². The Morgan fingerprint density at radius 2 is 2.08 bits per heavy atom. The van der Waals surface area contributed by atoms with E-state index in [1.807, 2.05) is 37.6 Å². The summed E-state index contributed by atoms with van der Waals surface area (Å²) in [7, 11) is 3.51. The van der Waals surface area contributed by atoms with Crippen LogP contribution in [0.25, 0.3) is 0 Å². The number of amides is 1. The first kappa shape index (κ1) is 9.78. The minimum atomic E-state index is 0.0451. The van der Waals surface area contributed by atoms with Crippen LogP contribution in [0.2, 0.25) is 0 Å². The zero-order valence-electron chi connectivity index (χ0n) is 8.24. The third-order valence-corrected chi connectivity index (χ3v) is 1.87. The van der Waals surface area contributed by atoms with Gasteiger partial charge in [-0.3, -0.25) is 4.79 Å². The van der Waals surface area contributed by atoms with E-state index in [2.05, 4.69) is 0 Å². The highest BCUT2D eigenvalue weighted by Crippen LogP contribution is 2.08. The fraction of sp³-hybridized carbons (Fsp3) is 0.273. The van der Waals surface area contributed by atoms with Gasteiger partial charge in [0.15, 0.2) is 0 Å². The summed E-state index contributed by atoms with van der Waals surface area (Å²) >= 11 is 0. The molecule has 69 valence electrons. The molecular formula is C11H14NO. The third-order valence-electron chi connectivity index (χ3n) is 1.87. The van der Waals surface area contributed by atoms with Crippen molar-refractivity contribution in [2.24, 2.45) is 0 Å². The summed E-state index contributed by atoms with van der Waals surface area (Å²) in [5.41, 5.74) is 1.81. The molecule has 0 aliphatic carbocycles. The van der Waals surface area contributed by atoms with Crippen LogP contribution in [0.4, 0.5) is 0 Å². The molecule has 1 aromatic carbocycles. The Kier molecular flexibility index (Phi) is 3.07. The maximum absolute atomic E-state index is 11.5. The molecule has 0 aliphatic rings. The molecule has 0 aliphatic heterocycles. The normalized spacial score (nSPS) is 9.77. The highest BCUT2D eigenvalue weighted by atomic mass is 16.2. The first-order valence-electron chi connectivity index (χ1n) is 4.26. The summed E-state index contributed by atoms with van der Waals surface area (Å²) in [6.45, 7) is 1.96. The van der Waals surface area contributed by atoms with Crippen LogP contribution < -0.4 is 0 Å². The van der Waals surface area contributed by atoms with Crippen LogP contribution in [0.3, 0.4) is 0 Å². The molecule has 2 nitrogen and oxygen atoms in total. The molecule has 0 N–H and O–H groups in total. The van der Waals surface area contributed by atoms with Crippen molar-refractivity contribution < 1.29 is 4.79 Å². The highest BCUT2D eigenvalue weighted by molar-refractivity contribution is 5.94. The van der Waals surface area contributed by atoms with Crippen molar-refractivity contribution in [1.29, 1.82) is 0 Å². The molecular weight excluding hydrogens is 162 g/mol. The van der Waals surface area contributed by atoms with Gasteiger partial charge < -0.3 is 4.90 Å². The van der Waals surface area contributed by atoms with Crippen LogP contribution in [0.1, 0.15) is 22.8 Å². The molecule has 0 heterocycles. The molecule has 0 saturated carbocycles. The van der Waals surface area contributed by atoms with Crippen LogP contribution in [-0.2, 0) is 0 Å². The fourth-order valence-corrected chi connectivity index (χ4v) is 1.11. The molecule has 1 amide bonds. The van der Waals surface area contributed by atoms with Gasteiger partial charge in [0, 0.05) is 19.7 Å². The number of carbonyl (C=O) groups is 1. The molecule has 0 spiro atoms. The molecule has 1 aromatic rings. The number of nitrogens with zero attached hydrogens (tertiary/aromatic N) is 1. The van der Waals surface area contributed by atoms with Crippen molar-refractivity contribution >= 4 is 5.91 Å². The van der Waals surface area contributed by atoms with E-state index in [0.29, 0.717) is 0 Å². The first-order chi connectivity index (χ1) is 6.15. The van der Waals surface area contributed by atoms with Crippen LogP contribution in [0, 0.1) is 6.42 Å². The minimum absolute atomic E-state index is 0.0451. The lowest BCUT2D eigenvalue weighted by Crippen LogP contribution is -2.21. The average molecular weight is 176 g/mol. The van der Waals surface area contributed by atoms with Crippen molar-refractivity contribution in [3.8, 4) is 0 Å². The van der Waals surface area contributed by atoms with Gasteiger partial charge in [-0.15, -0.1) is 0 Å². The van der Waals surface area contributed by atoms with Crippen molar-refractivity contribution in [2.75, 3.05) is 14.1 Å². The second kappa shape index (κ2) is 4.08. The van der Waals surface area contributed by atoms with Gasteiger partial charge in [-0.2, -0.15) is 0 Å². The third kappa shape index (κ3) is 2.31. The van der Waals surface area contributed by atoms with E-state index >= 15 is 0 Å². The van der Waals surface area contributed by atoms with Gasteiger partial charge in [-0.05, 0) is 24.1 Å². The number of benzene rings is 1. The van der Waals surface area contributed by atoms with Crippen molar-refractivity contribution in [3.05, 3.63) is 41.8 Å². The summed E-state index contributed by atoms with van der Waals surface area (Å²) in [6, 6.07) is 7.59. The predicted molar refractivity (Wildman–Crippen MR) is 53.5 cm³/mol. The van der Waals surface area contributed by atoms with Gasteiger partial charge in [0.05, 0.1) is 0 Å². The summed E-state index contributed by atoms with van der Waals surface area (Å²) in [5, 5.41) is 0. The van der Waals surface area contributed by atoms with E-state index in [1.165, 1.54) is 0 Å². The van der Waals surface area contributed by atoms with Gasteiger partial charge in [-0.1, -0.05) is 19.1 Å². The number of hydrogen-bond donors (Lipinski definition) is 0. The summed E-state index contributed by atoms with van der Waals surface area (Å²) in [6.07, 6.45) is 1.98. The van der Waals surface area contributed by atoms with Crippen molar-refractivity contribution in [1.82, 2.24) is 4.90 Å². The maximum Gasteiger partial charge on any atom is 0.253 e. The Labute approximate surface area is 79.2 Å². The standard InChI is InChI=1S/C11H14NO/c1-4-9-6-5-7-10(8-9)11(13)12(2)3/h4-8H,1-3H3. The highest BCUT2D eigenvalue weighted by Gasteiger charge is 2.06. The Hall–Kier alpha value is -1.31. The number of hydrogen-bond acceptors (Lipinski definition) is 1. The molecule has 13 heavy (non-hydrogen) atoms. The summed E-state index contributed by atoms with van der Waals surface area (Å²) in [5.74, 6) is 0.0451. The molecule has 0 fully saturated rings. The summed E-state index contributed by atoms with van der Waals surface area (Å²) < 4.78 is 0. The van der Waals surface area contributed by atoms with Gasteiger partial charge >= 0.3 is 0 Å². The molecule has 0 unspecified atom stereocenters. The Balaban J connectivity index is 2.95. The van der Waals surface area contributed by atoms with E-state index < -0.39 is 0 Å². The fourth-order valence-electron chi connectivity index (χ4n) is 1.11. The first-order valence-corrected chi connectivity index (χ1v) is 4.26. The Morgan fingerprint density at radius 1 is 1.38 bits per heavy atom. The van der Waals surface area contributed by atoms with Crippen LogP contribution in [0.15, 0.2) is 24.3 Å². The molecule has 1 radical (unpaired) electrons. The lowest BCUT2D eigenvalue weighted by atomic mass is 10.1. The zero-order chi connectivity index (χ0) is 9.84. The van der Waals surface area contributed by atoms with Crippen molar-refractivity contribution in [3.63, 3.8) is 0 Å². The lowest BCUT2D eigenvalue weighted by molar-refractivity contribution is 0.0827. The van der Waals surface area contributed by atoms with Crippen LogP contribution >= 0.6 is 0 Å². The van der Waals surface area contributed by atoms with E-state index in [4.69, 9.17) is 0 Å². The molecule has 0 saturated heterocycles. The molecule has 1 rings (SSSR count). The Morgan fingerprint density at radius 3 is 2.62 bits per heavy atom. The lowest BCUT2D eigenvalue weighted by Gasteiger charge is -2.10. The van der Waals surface area contributed by atoms with Gasteiger partial charge in [0.25, 0.3) is 5.91 Å². The van der Waals surface area contributed by atoms with E-state index in [0.717, 1.165) is 11.1 Å². The van der Waals surface area contributed by atoms with E-state index in [-0.39, 0.29) is 5.91 Å². The predicted octanol–water partition coefficient (Wildman–Crippen LogP) is 1.96. The number of rotatable bonds is 2. The molecule has 0 bridgehead atoms. The van der Waals surface area contributed by atoms with Crippen molar-refractivity contribution in [2.45, 2.75) is 6.92 Å². The smallest absolute Gasteiger partial charge is 0.253 e. The van der Waals surface area contributed by atoms with Gasteiger partial charge in [0.1, 0.15) is 0 Å². The van der Waals surface area contributed by atoms with Crippen LogP contribution in [0.5, 0.6) is 0 Å². The molecule has 0 aromatic heterocycles. The van der Waals surface area contributed by atoms with Gasteiger partial charge in [-0.25, -0.2) is 0 Å². The Bertz CT molecular complexity index is 305. The SMILES string of the molecule is C[CH]c1cccc(C(=O)N(C)C)c1. The molecule has 2 heteroatoms. The largest absolute Gasteiger partial charge is 0.345 e. The van der Waals surface area contributed by atoms with Gasteiger partial charge in [0.2, 0.25) is 0 Å². The molecule has 0 atom stereocenters. The quantitative estimate of drug-likeness (QED) is 0.674. The topological polar surface area (TPSA) is 20.3 Å². The average Bonchev–Trinajstić information content (AvgIpc) is 2.16.